The van der Waals surface area contributed by atoms with Crippen LogP contribution < -0.4 is 10.3 Å². The highest BCUT2D eigenvalue weighted by Gasteiger charge is 2.26. The first-order chi connectivity index (χ1) is 16.4. The molecule has 2 fully saturated rings. The Balaban J connectivity index is 1.41. The number of anilines is 1. The van der Waals surface area contributed by atoms with E-state index in [0.717, 1.165) is 37.9 Å². The van der Waals surface area contributed by atoms with E-state index in [2.05, 4.69) is 27.6 Å². The predicted octanol–water partition coefficient (Wildman–Crippen LogP) is 4.40. The Kier molecular flexibility index (Phi) is 8.00. The van der Waals surface area contributed by atoms with Gasteiger partial charge < -0.3 is 4.90 Å². The SMILES string of the molecule is CC(=NNC(=O)c1cccc(S(=O)(=O)N2CCCCC2)c1)c1ccc(N2CCCCCC2)cc1. The first kappa shape index (κ1) is 24.4. The van der Waals surface area contributed by atoms with Gasteiger partial charge in [0.1, 0.15) is 0 Å². The van der Waals surface area contributed by atoms with Gasteiger partial charge in [-0.2, -0.15) is 9.41 Å². The number of amides is 1. The molecule has 1 N–H and O–H groups in total. The molecule has 0 radical (unpaired) electrons. The fourth-order valence-electron chi connectivity index (χ4n) is 4.56. The van der Waals surface area contributed by atoms with E-state index in [1.54, 1.807) is 18.2 Å². The lowest BCUT2D eigenvalue weighted by Crippen LogP contribution is -2.35. The molecule has 0 aliphatic carbocycles. The summed E-state index contributed by atoms with van der Waals surface area (Å²) in [5.74, 6) is -0.434. The van der Waals surface area contributed by atoms with Crippen LogP contribution >= 0.6 is 0 Å². The fourth-order valence-corrected chi connectivity index (χ4v) is 6.12. The van der Waals surface area contributed by atoms with Crippen molar-refractivity contribution in [1.82, 2.24) is 9.73 Å². The Hall–Kier alpha value is -2.71. The zero-order chi connectivity index (χ0) is 24.0. The van der Waals surface area contributed by atoms with Crippen molar-refractivity contribution in [2.24, 2.45) is 5.10 Å². The van der Waals surface area contributed by atoms with Gasteiger partial charge >= 0.3 is 0 Å². The predicted molar refractivity (Wildman–Crippen MR) is 136 cm³/mol. The Morgan fingerprint density at radius 1 is 0.824 bits per heavy atom. The maximum atomic E-state index is 12.9. The molecule has 2 aromatic carbocycles. The Morgan fingerprint density at radius 3 is 2.12 bits per heavy atom. The van der Waals surface area contributed by atoms with Crippen molar-refractivity contribution < 1.29 is 13.2 Å². The van der Waals surface area contributed by atoms with E-state index in [1.165, 1.54) is 41.7 Å². The van der Waals surface area contributed by atoms with Crippen LogP contribution in [0.5, 0.6) is 0 Å². The smallest absolute Gasteiger partial charge is 0.271 e. The van der Waals surface area contributed by atoms with Crippen molar-refractivity contribution >= 4 is 27.3 Å². The topological polar surface area (TPSA) is 82.1 Å². The van der Waals surface area contributed by atoms with Crippen LogP contribution in [-0.2, 0) is 10.0 Å². The van der Waals surface area contributed by atoms with E-state index in [-0.39, 0.29) is 10.5 Å². The lowest BCUT2D eigenvalue weighted by Gasteiger charge is -2.25. The third-order valence-corrected chi connectivity index (χ3v) is 8.53. The number of hydrogen-bond acceptors (Lipinski definition) is 5. The number of carbonyl (C=O) groups is 1. The van der Waals surface area contributed by atoms with E-state index in [0.29, 0.717) is 18.8 Å². The first-order valence-corrected chi connectivity index (χ1v) is 13.7. The Labute approximate surface area is 202 Å². The molecular formula is C26H34N4O3S. The van der Waals surface area contributed by atoms with Gasteiger partial charge in [-0.3, -0.25) is 4.79 Å². The maximum absolute atomic E-state index is 12.9. The van der Waals surface area contributed by atoms with Crippen molar-refractivity contribution in [3.8, 4) is 0 Å². The molecular weight excluding hydrogens is 448 g/mol. The molecule has 1 amide bonds. The van der Waals surface area contributed by atoms with Crippen molar-refractivity contribution in [1.29, 1.82) is 0 Å². The van der Waals surface area contributed by atoms with Crippen LogP contribution in [0.15, 0.2) is 58.5 Å². The molecule has 182 valence electrons. The number of piperidine rings is 1. The summed E-state index contributed by atoms with van der Waals surface area (Å²) in [5.41, 5.74) is 5.68. The van der Waals surface area contributed by atoms with Gasteiger partial charge in [-0.1, -0.05) is 37.5 Å². The molecule has 2 saturated heterocycles. The lowest BCUT2D eigenvalue weighted by atomic mass is 10.1. The minimum Gasteiger partial charge on any atom is -0.372 e. The molecule has 2 aromatic rings. The molecule has 2 heterocycles. The van der Waals surface area contributed by atoms with Crippen LogP contribution in [0.1, 0.15) is 67.8 Å². The molecule has 0 bridgehead atoms. The quantitative estimate of drug-likeness (QED) is 0.489. The number of rotatable bonds is 6. The molecule has 8 heteroatoms. The molecule has 2 aliphatic rings. The van der Waals surface area contributed by atoms with Crippen molar-refractivity contribution in [3.05, 3.63) is 59.7 Å². The van der Waals surface area contributed by atoms with E-state index < -0.39 is 15.9 Å². The van der Waals surface area contributed by atoms with E-state index in [1.807, 2.05) is 19.1 Å². The minimum absolute atomic E-state index is 0.145. The van der Waals surface area contributed by atoms with Gasteiger partial charge in [0, 0.05) is 37.4 Å². The summed E-state index contributed by atoms with van der Waals surface area (Å²) in [4.78, 5) is 15.3. The molecule has 34 heavy (non-hydrogen) atoms. The van der Waals surface area contributed by atoms with Gasteiger partial charge in [-0.25, -0.2) is 13.8 Å². The number of hydrogen-bond donors (Lipinski definition) is 1. The number of sulfonamides is 1. The Bertz CT molecular complexity index is 1110. The van der Waals surface area contributed by atoms with Crippen LogP contribution in [0.3, 0.4) is 0 Å². The van der Waals surface area contributed by atoms with E-state index >= 15 is 0 Å². The highest BCUT2D eigenvalue weighted by Crippen LogP contribution is 2.22. The second-order valence-corrected chi connectivity index (χ2v) is 11.0. The third kappa shape index (κ3) is 5.85. The second-order valence-electron chi connectivity index (χ2n) is 9.08. The normalized spacial score (nSPS) is 18.4. The van der Waals surface area contributed by atoms with Gasteiger partial charge in [0.25, 0.3) is 5.91 Å². The molecule has 0 spiro atoms. The number of carbonyl (C=O) groups excluding carboxylic acids is 1. The summed E-state index contributed by atoms with van der Waals surface area (Å²) < 4.78 is 27.4. The number of nitrogens with zero attached hydrogens (tertiary/aromatic N) is 3. The summed E-state index contributed by atoms with van der Waals surface area (Å²) >= 11 is 0. The average molecular weight is 483 g/mol. The molecule has 4 rings (SSSR count). The van der Waals surface area contributed by atoms with Crippen LogP contribution in [0, 0.1) is 0 Å². The van der Waals surface area contributed by atoms with Crippen LogP contribution in [0.4, 0.5) is 5.69 Å². The van der Waals surface area contributed by atoms with Crippen LogP contribution in [-0.4, -0.2) is 50.5 Å². The van der Waals surface area contributed by atoms with Crippen LogP contribution in [0.25, 0.3) is 0 Å². The van der Waals surface area contributed by atoms with Gasteiger partial charge in [0.05, 0.1) is 10.6 Å². The highest BCUT2D eigenvalue weighted by molar-refractivity contribution is 7.89. The van der Waals surface area contributed by atoms with Crippen LogP contribution in [0.2, 0.25) is 0 Å². The minimum atomic E-state index is -3.59. The number of benzene rings is 2. The van der Waals surface area contributed by atoms with Gasteiger partial charge in [-0.05, 0) is 68.5 Å². The van der Waals surface area contributed by atoms with Gasteiger partial charge in [0.2, 0.25) is 10.0 Å². The maximum Gasteiger partial charge on any atom is 0.271 e. The van der Waals surface area contributed by atoms with Crippen molar-refractivity contribution in [2.75, 3.05) is 31.1 Å². The summed E-state index contributed by atoms with van der Waals surface area (Å²) in [6, 6.07) is 14.4. The first-order valence-electron chi connectivity index (χ1n) is 12.3. The fraction of sp³-hybridized carbons (Fsp3) is 0.462. The lowest BCUT2D eigenvalue weighted by molar-refractivity contribution is 0.0954. The zero-order valence-electron chi connectivity index (χ0n) is 19.9. The summed E-state index contributed by atoms with van der Waals surface area (Å²) in [6.45, 7) is 5.08. The molecule has 0 aromatic heterocycles. The standard InChI is InChI=1S/C26H34N4O3S/c1-21(22-12-14-24(15-13-22)29-16-5-2-3-6-17-29)27-28-26(31)23-10-9-11-25(20-23)34(32,33)30-18-7-4-8-19-30/h9-15,20H,2-8,16-19H2,1H3,(H,28,31). The summed E-state index contributed by atoms with van der Waals surface area (Å²) in [6.07, 6.45) is 7.84. The molecule has 0 saturated carbocycles. The highest BCUT2D eigenvalue weighted by atomic mass is 32.2. The number of nitrogens with one attached hydrogen (secondary N) is 1. The van der Waals surface area contributed by atoms with Gasteiger partial charge in [0.15, 0.2) is 0 Å². The number of hydrazone groups is 1. The largest absolute Gasteiger partial charge is 0.372 e. The second kappa shape index (κ2) is 11.1. The van der Waals surface area contributed by atoms with E-state index in [4.69, 9.17) is 0 Å². The third-order valence-electron chi connectivity index (χ3n) is 6.63. The molecule has 2 aliphatic heterocycles. The van der Waals surface area contributed by atoms with Crippen molar-refractivity contribution in [3.63, 3.8) is 0 Å². The average Bonchev–Trinajstić information content (AvgIpc) is 3.17. The summed E-state index contributed by atoms with van der Waals surface area (Å²) in [7, 11) is -3.59. The van der Waals surface area contributed by atoms with E-state index in [9.17, 15) is 13.2 Å². The summed E-state index contributed by atoms with van der Waals surface area (Å²) in [5, 5.41) is 4.25. The zero-order valence-corrected chi connectivity index (χ0v) is 20.7. The van der Waals surface area contributed by atoms with Gasteiger partial charge in [-0.15, -0.1) is 0 Å². The van der Waals surface area contributed by atoms with Crippen molar-refractivity contribution in [2.45, 2.75) is 56.8 Å². The molecule has 0 unspecified atom stereocenters. The monoisotopic (exact) mass is 482 g/mol. The molecule has 0 atom stereocenters. The Morgan fingerprint density at radius 2 is 1.44 bits per heavy atom. The molecule has 7 nitrogen and oxygen atoms in total.